The molecule has 0 bridgehead atoms. The summed E-state index contributed by atoms with van der Waals surface area (Å²) in [5.41, 5.74) is 0.613. The summed E-state index contributed by atoms with van der Waals surface area (Å²) in [4.78, 5) is 4.38. The van der Waals surface area contributed by atoms with Crippen molar-refractivity contribution >= 4 is 24.9 Å². The van der Waals surface area contributed by atoms with Crippen molar-refractivity contribution in [1.82, 2.24) is 9.55 Å². The molecular weight excluding hydrogens is 273 g/mol. The maximum absolute atomic E-state index is 13.8. The molecule has 0 aliphatic carbocycles. The van der Waals surface area contributed by atoms with Gasteiger partial charge in [0.05, 0.1) is 5.39 Å². The van der Waals surface area contributed by atoms with Crippen LogP contribution in [0.1, 0.15) is 0 Å². The van der Waals surface area contributed by atoms with Gasteiger partial charge in [0.15, 0.2) is 0 Å². The zero-order chi connectivity index (χ0) is 14.8. The summed E-state index contributed by atoms with van der Waals surface area (Å²) in [6, 6.07) is 4.60. The minimum atomic E-state index is -1.09. The number of hydrogen-bond acceptors (Lipinski definition) is 3. The lowest BCUT2D eigenvalue weighted by Gasteiger charge is -2.15. The molecule has 0 spiro atoms. The van der Waals surface area contributed by atoms with Gasteiger partial charge in [-0.1, -0.05) is 19.6 Å². The number of nitrogens with one attached hydrogen (secondary N) is 1. The molecule has 0 amide bonds. The van der Waals surface area contributed by atoms with Crippen molar-refractivity contribution in [2.24, 2.45) is 0 Å². The van der Waals surface area contributed by atoms with Crippen LogP contribution in [0.5, 0.6) is 0 Å². The first-order valence-corrected chi connectivity index (χ1v) is 10.5. The summed E-state index contributed by atoms with van der Waals surface area (Å²) < 4.78 is 21.2. The van der Waals surface area contributed by atoms with Crippen LogP contribution >= 0.6 is 0 Å². The summed E-state index contributed by atoms with van der Waals surface area (Å²) in [5, 5.41) is 3.49. The van der Waals surface area contributed by atoms with Gasteiger partial charge in [-0.15, -0.1) is 0 Å². The number of aromatic nitrogens is 2. The third kappa shape index (κ3) is 3.58. The highest BCUT2D eigenvalue weighted by atomic mass is 28.3. The molecule has 0 aliphatic rings. The van der Waals surface area contributed by atoms with E-state index in [1.807, 2.05) is 0 Å². The summed E-state index contributed by atoms with van der Waals surface area (Å²) in [6.07, 6.45) is 1.45. The zero-order valence-electron chi connectivity index (χ0n) is 12.5. The van der Waals surface area contributed by atoms with Crippen molar-refractivity contribution in [3.63, 3.8) is 0 Å². The molecule has 110 valence electrons. The number of pyridine rings is 1. The maximum Gasteiger partial charge on any atom is 0.150 e. The molecule has 0 aliphatic heterocycles. The molecule has 0 aromatic carbocycles. The van der Waals surface area contributed by atoms with E-state index in [2.05, 4.69) is 29.9 Å². The van der Waals surface area contributed by atoms with Gasteiger partial charge in [-0.3, -0.25) is 0 Å². The van der Waals surface area contributed by atoms with Crippen LogP contribution in [0.2, 0.25) is 25.7 Å². The van der Waals surface area contributed by atoms with Crippen LogP contribution in [0.4, 0.5) is 10.2 Å². The minimum absolute atomic E-state index is 0.260. The normalized spacial score (nSPS) is 12.1. The van der Waals surface area contributed by atoms with Crippen LogP contribution in [0.3, 0.4) is 0 Å². The quantitative estimate of drug-likeness (QED) is 0.654. The first kappa shape index (κ1) is 15.0. The van der Waals surface area contributed by atoms with E-state index in [9.17, 15) is 4.39 Å². The topological polar surface area (TPSA) is 39.1 Å². The van der Waals surface area contributed by atoms with E-state index in [0.29, 0.717) is 24.4 Å². The van der Waals surface area contributed by atoms with Gasteiger partial charge in [-0.2, -0.15) is 0 Å². The predicted molar refractivity (Wildman–Crippen MR) is 83.3 cm³/mol. The number of ether oxygens (including phenoxy) is 1. The Morgan fingerprint density at radius 3 is 2.75 bits per heavy atom. The Morgan fingerprint density at radius 1 is 1.35 bits per heavy atom. The lowest BCUT2D eigenvalue weighted by molar-refractivity contribution is 0.0895. The third-order valence-corrected chi connectivity index (χ3v) is 4.86. The standard InChI is InChI=1S/C14H22FN3OSi/c1-16-13-6-5-11-12(15)9-18(14(11)17-13)10-19-7-8-20(2,3)4/h5-6,9H,7-8,10H2,1-4H3,(H,16,17). The molecule has 2 aromatic rings. The highest BCUT2D eigenvalue weighted by Crippen LogP contribution is 2.20. The van der Waals surface area contributed by atoms with E-state index in [1.165, 1.54) is 6.20 Å². The van der Waals surface area contributed by atoms with E-state index < -0.39 is 8.07 Å². The highest BCUT2D eigenvalue weighted by molar-refractivity contribution is 6.76. The second kappa shape index (κ2) is 5.93. The van der Waals surface area contributed by atoms with Crippen LogP contribution in [-0.2, 0) is 11.5 Å². The first-order valence-electron chi connectivity index (χ1n) is 6.81. The average molecular weight is 295 g/mol. The summed E-state index contributed by atoms with van der Waals surface area (Å²) in [6.45, 7) is 7.97. The maximum atomic E-state index is 13.8. The summed E-state index contributed by atoms with van der Waals surface area (Å²) in [5.74, 6) is 0.461. The molecule has 2 aromatic heterocycles. The van der Waals surface area contributed by atoms with E-state index in [-0.39, 0.29) is 5.82 Å². The average Bonchev–Trinajstić information content (AvgIpc) is 2.70. The van der Waals surface area contributed by atoms with Gasteiger partial charge in [-0.25, -0.2) is 9.37 Å². The second-order valence-corrected chi connectivity index (χ2v) is 11.7. The molecule has 4 nitrogen and oxygen atoms in total. The van der Waals surface area contributed by atoms with Gasteiger partial charge < -0.3 is 14.6 Å². The largest absolute Gasteiger partial charge is 0.373 e. The molecular formula is C14H22FN3OSi. The van der Waals surface area contributed by atoms with Crippen molar-refractivity contribution in [1.29, 1.82) is 0 Å². The Kier molecular flexibility index (Phi) is 4.44. The summed E-state index contributed by atoms with van der Waals surface area (Å²) >= 11 is 0. The SMILES string of the molecule is CNc1ccc2c(F)cn(COCC[Si](C)(C)C)c2n1. The van der Waals surface area contributed by atoms with Crippen LogP contribution < -0.4 is 5.32 Å². The Bertz CT molecular complexity index is 592. The van der Waals surface area contributed by atoms with Crippen molar-refractivity contribution in [2.75, 3.05) is 19.0 Å². The fourth-order valence-electron chi connectivity index (χ4n) is 1.90. The molecule has 0 fully saturated rings. The first-order chi connectivity index (χ1) is 9.40. The molecule has 0 atom stereocenters. The summed E-state index contributed by atoms with van der Waals surface area (Å²) in [7, 11) is 0.701. The van der Waals surface area contributed by atoms with Crippen molar-refractivity contribution < 1.29 is 9.13 Å². The van der Waals surface area contributed by atoms with Gasteiger partial charge in [0.2, 0.25) is 0 Å². The number of hydrogen-bond donors (Lipinski definition) is 1. The number of nitrogens with zero attached hydrogens (tertiary/aromatic N) is 2. The van der Waals surface area contributed by atoms with Gasteiger partial charge in [0.25, 0.3) is 0 Å². The van der Waals surface area contributed by atoms with E-state index in [1.54, 1.807) is 23.7 Å². The van der Waals surface area contributed by atoms with E-state index in [0.717, 1.165) is 11.9 Å². The van der Waals surface area contributed by atoms with Crippen LogP contribution in [-0.4, -0.2) is 31.3 Å². The number of anilines is 1. The molecule has 0 unspecified atom stereocenters. The second-order valence-electron chi connectivity index (χ2n) is 6.11. The van der Waals surface area contributed by atoms with Crippen LogP contribution in [0, 0.1) is 5.82 Å². The van der Waals surface area contributed by atoms with E-state index in [4.69, 9.17) is 4.74 Å². The Labute approximate surface area is 120 Å². The smallest absolute Gasteiger partial charge is 0.150 e. The van der Waals surface area contributed by atoms with Gasteiger partial charge in [0, 0.05) is 27.9 Å². The molecule has 1 N–H and O–H groups in total. The number of halogens is 1. The lowest BCUT2D eigenvalue weighted by Crippen LogP contribution is -2.22. The fraction of sp³-hybridized carbons (Fsp3) is 0.500. The molecule has 0 saturated heterocycles. The monoisotopic (exact) mass is 295 g/mol. The van der Waals surface area contributed by atoms with Crippen LogP contribution in [0.15, 0.2) is 18.3 Å². The highest BCUT2D eigenvalue weighted by Gasteiger charge is 2.13. The zero-order valence-corrected chi connectivity index (χ0v) is 13.5. The number of fused-ring (bicyclic) bond motifs is 1. The molecule has 6 heteroatoms. The van der Waals surface area contributed by atoms with Gasteiger partial charge in [-0.05, 0) is 18.2 Å². The Morgan fingerprint density at radius 2 is 2.10 bits per heavy atom. The molecule has 20 heavy (non-hydrogen) atoms. The molecule has 2 rings (SSSR count). The molecule has 2 heterocycles. The Hall–Kier alpha value is -1.40. The van der Waals surface area contributed by atoms with Crippen molar-refractivity contribution in [2.45, 2.75) is 32.4 Å². The minimum Gasteiger partial charge on any atom is -0.373 e. The van der Waals surface area contributed by atoms with Crippen molar-refractivity contribution in [3.05, 3.63) is 24.1 Å². The van der Waals surface area contributed by atoms with Gasteiger partial charge in [0.1, 0.15) is 24.0 Å². The third-order valence-electron chi connectivity index (χ3n) is 3.16. The van der Waals surface area contributed by atoms with Gasteiger partial charge >= 0.3 is 0 Å². The van der Waals surface area contributed by atoms with Crippen LogP contribution in [0.25, 0.3) is 11.0 Å². The number of rotatable bonds is 6. The fourth-order valence-corrected chi connectivity index (χ4v) is 2.66. The van der Waals surface area contributed by atoms with E-state index >= 15 is 0 Å². The predicted octanol–water partition coefficient (Wildman–Crippen LogP) is 3.53. The van der Waals surface area contributed by atoms with Crippen molar-refractivity contribution in [3.8, 4) is 0 Å². The lowest BCUT2D eigenvalue weighted by atomic mass is 10.3. The molecule has 0 saturated carbocycles. The Balaban J connectivity index is 2.09. The molecule has 0 radical (unpaired) electrons.